The lowest BCUT2D eigenvalue weighted by Crippen LogP contribution is -2.15. The topological polar surface area (TPSA) is 82.7 Å². The second-order valence-electron chi connectivity index (χ2n) is 5.02. The van der Waals surface area contributed by atoms with Gasteiger partial charge < -0.3 is 10.6 Å². The summed E-state index contributed by atoms with van der Waals surface area (Å²) in [4.78, 5) is 12.4. The van der Waals surface area contributed by atoms with E-state index in [1.807, 2.05) is 0 Å². The standard InChI is InChI=1S/C16H13ClFN5O/c1-9-12(17)6-3-7-13(9)20-16(24)14-15(22-23-21-14)19-11-5-2-4-10(18)8-11/h2-8H,1H3,(H,20,24)(H2,19,21,22,23). The fourth-order valence-electron chi connectivity index (χ4n) is 2.10. The molecule has 6 nitrogen and oxygen atoms in total. The molecular formula is C16H13ClFN5O. The van der Waals surface area contributed by atoms with Crippen LogP contribution in [0.25, 0.3) is 0 Å². The minimum atomic E-state index is -0.465. The van der Waals surface area contributed by atoms with Crippen LogP contribution in [0.3, 0.4) is 0 Å². The van der Waals surface area contributed by atoms with E-state index in [2.05, 4.69) is 26.0 Å². The number of benzene rings is 2. The van der Waals surface area contributed by atoms with Gasteiger partial charge in [0.25, 0.3) is 5.91 Å². The van der Waals surface area contributed by atoms with Crippen LogP contribution >= 0.6 is 11.6 Å². The first-order chi connectivity index (χ1) is 11.5. The SMILES string of the molecule is Cc1c(Cl)cccc1NC(=O)c1n[nH]nc1Nc1cccc(F)c1. The largest absolute Gasteiger partial charge is 0.337 e. The number of anilines is 3. The Morgan fingerprint density at radius 3 is 2.79 bits per heavy atom. The third kappa shape index (κ3) is 3.36. The van der Waals surface area contributed by atoms with Crippen LogP contribution in [0.2, 0.25) is 5.02 Å². The predicted molar refractivity (Wildman–Crippen MR) is 90.2 cm³/mol. The van der Waals surface area contributed by atoms with Crippen molar-refractivity contribution in [2.45, 2.75) is 6.92 Å². The van der Waals surface area contributed by atoms with E-state index < -0.39 is 11.7 Å². The van der Waals surface area contributed by atoms with Crippen LogP contribution in [0.5, 0.6) is 0 Å². The molecular weight excluding hydrogens is 333 g/mol. The van der Waals surface area contributed by atoms with Crippen molar-refractivity contribution in [3.8, 4) is 0 Å². The molecule has 0 fully saturated rings. The monoisotopic (exact) mass is 345 g/mol. The number of aromatic nitrogens is 3. The summed E-state index contributed by atoms with van der Waals surface area (Å²) in [7, 11) is 0. The Kier molecular flexibility index (Phi) is 4.43. The van der Waals surface area contributed by atoms with Crippen molar-refractivity contribution in [1.82, 2.24) is 15.4 Å². The van der Waals surface area contributed by atoms with Gasteiger partial charge in [0.2, 0.25) is 0 Å². The number of hydrogen-bond acceptors (Lipinski definition) is 4. The number of amides is 1. The highest BCUT2D eigenvalue weighted by molar-refractivity contribution is 6.31. The Bertz CT molecular complexity index is 896. The summed E-state index contributed by atoms with van der Waals surface area (Å²) in [6.07, 6.45) is 0. The van der Waals surface area contributed by atoms with E-state index in [0.717, 1.165) is 5.56 Å². The van der Waals surface area contributed by atoms with Crippen molar-refractivity contribution in [2.75, 3.05) is 10.6 Å². The van der Waals surface area contributed by atoms with Gasteiger partial charge in [0, 0.05) is 16.4 Å². The van der Waals surface area contributed by atoms with Crippen molar-refractivity contribution in [2.24, 2.45) is 0 Å². The van der Waals surface area contributed by atoms with E-state index in [0.29, 0.717) is 16.4 Å². The van der Waals surface area contributed by atoms with Gasteiger partial charge in [-0.25, -0.2) is 4.39 Å². The zero-order valence-corrected chi connectivity index (χ0v) is 13.4. The number of halogens is 2. The van der Waals surface area contributed by atoms with Gasteiger partial charge in [-0.1, -0.05) is 23.7 Å². The summed E-state index contributed by atoms with van der Waals surface area (Å²) in [6, 6.07) is 11.0. The molecule has 1 amide bonds. The maximum Gasteiger partial charge on any atom is 0.280 e. The second-order valence-corrected chi connectivity index (χ2v) is 5.43. The van der Waals surface area contributed by atoms with E-state index in [4.69, 9.17) is 11.6 Å². The second kappa shape index (κ2) is 6.67. The van der Waals surface area contributed by atoms with Gasteiger partial charge in [0.05, 0.1) is 0 Å². The van der Waals surface area contributed by atoms with Crippen molar-refractivity contribution in [3.63, 3.8) is 0 Å². The molecule has 1 heterocycles. The van der Waals surface area contributed by atoms with Crippen LogP contribution in [-0.4, -0.2) is 21.3 Å². The molecule has 0 aliphatic carbocycles. The third-order valence-corrected chi connectivity index (χ3v) is 3.78. The number of nitrogens with one attached hydrogen (secondary N) is 3. The molecule has 1 aromatic heterocycles. The molecule has 2 aromatic carbocycles. The van der Waals surface area contributed by atoms with Gasteiger partial charge in [0.15, 0.2) is 11.5 Å². The van der Waals surface area contributed by atoms with Gasteiger partial charge in [-0.05, 0) is 42.8 Å². The molecule has 24 heavy (non-hydrogen) atoms. The molecule has 0 atom stereocenters. The Morgan fingerprint density at radius 1 is 1.21 bits per heavy atom. The molecule has 0 saturated heterocycles. The molecule has 0 aliphatic rings. The molecule has 0 spiro atoms. The smallest absolute Gasteiger partial charge is 0.280 e. The van der Waals surface area contributed by atoms with Crippen molar-refractivity contribution < 1.29 is 9.18 Å². The molecule has 0 aliphatic heterocycles. The summed E-state index contributed by atoms with van der Waals surface area (Å²) in [5.41, 5.74) is 1.83. The Morgan fingerprint density at radius 2 is 2.00 bits per heavy atom. The molecule has 0 saturated carbocycles. The highest BCUT2D eigenvalue weighted by Gasteiger charge is 2.18. The molecule has 3 N–H and O–H groups in total. The summed E-state index contributed by atoms with van der Waals surface area (Å²) in [6.45, 7) is 1.80. The van der Waals surface area contributed by atoms with Crippen LogP contribution in [0.1, 0.15) is 16.1 Å². The third-order valence-electron chi connectivity index (χ3n) is 3.37. The number of carbonyl (C=O) groups is 1. The normalized spacial score (nSPS) is 10.5. The predicted octanol–water partition coefficient (Wildman–Crippen LogP) is 3.90. The van der Waals surface area contributed by atoms with Gasteiger partial charge in [-0.2, -0.15) is 5.21 Å². The van der Waals surface area contributed by atoms with Gasteiger partial charge in [-0.3, -0.25) is 4.79 Å². The van der Waals surface area contributed by atoms with Crippen molar-refractivity contribution in [3.05, 3.63) is 64.6 Å². The zero-order valence-electron chi connectivity index (χ0n) is 12.6. The first-order valence-electron chi connectivity index (χ1n) is 7.04. The number of aromatic amines is 1. The van der Waals surface area contributed by atoms with Crippen molar-refractivity contribution >= 4 is 34.7 Å². The number of hydrogen-bond donors (Lipinski definition) is 3. The summed E-state index contributed by atoms with van der Waals surface area (Å²) in [5.74, 6) is -0.671. The number of nitrogens with zero attached hydrogens (tertiary/aromatic N) is 2. The van der Waals surface area contributed by atoms with Gasteiger partial charge >= 0.3 is 0 Å². The van der Waals surface area contributed by atoms with E-state index in [1.165, 1.54) is 12.1 Å². The minimum Gasteiger partial charge on any atom is -0.337 e. The summed E-state index contributed by atoms with van der Waals surface area (Å²) in [5, 5.41) is 16.2. The van der Waals surface area contributed by atoms with Crippen LogP contribution in [0, 0.1) is 12.7 Å². The van der Waals surface area contributed by atoms with Crippen LogP contribution in [0.15, 0.2) is 42.5 Å². The number of H-pyrrole nitrogens is 1. The van der Waals surface area contributed by atoms with Gasteiger partial charge in [-0.15, -0.1) is 10.2 Å². The number of carbonyl (C=O) groups excluding carboxylic acids is 1. The molecule has 0 radical (unpaired) electrons. The lowest BCUT2D eigenvalue weighted by molar-refractivity contribution is 0.102. The minimum absolute atomic E-state index is 0.0543. The molecule has 8 heteroatoms. The molecule has 0 unspecified atom stereocenters. The Balaban J connectivity index is 1.82. The lowest BCUT2D eigenvalue weighted by Gasteiger charge is -2.09. The Labute approximate surface area is 142 Å². The van der Waals surface area contributed by atoms with E-state index >= 15 is 0 Å². The molecule has 122 valence electrons. The van der Waals surface area contributed by atoms with Crippen LogP contribution in [0.4, 0.5) is 21.6 Å². The molecule has 3 rings (SSSR count). The lowest BCUT2D eigenvalue weighted by atomic mass is 10.2. The summed E-state index contributed by atoms with van der Waals surface area (Å²) >= 11 is 6.04. The first-order valence-corrected chi connectivity index (χ1v) is 7.42. The average molecular weight is 346 g/mol. The average Bonchev–Trinajstić information content (AvgIpc) is 3.00. The summed E-state index contributed by atoms with van der Waals surface area (Å²) < 4.78 is 13.2. The van der Waals surface area contributed by atoms with Crippen molar-refractivity contribution in [1.29, 1.82) is 0 Å². The van der Waals surface area contributed by atoms with E-state index in [-0.39, 0.29) is 11.5 Å². The van der Waals surface area contributed by atoms with E-state index in [9.17, 15) is 9.18 Å². The zero-order chi connectivity index (χ0) is 17.1. The molecule has 3 aromatic rings. The Hall–Kier alpha value is -2.93. The maximum absolute atomic E-state index is 13.2. The maximum atomic E-state index is 13.2. The fourth-order valence-corrected chi connectivity index (χ4v) is 2.28. The molecule has 0 bridgehead atoms. The first kappa shape index (κ1) is 15.9. The van der Waals surface area contributed by atoms with Gasteiger partial charge in [0.1, 0.15) is 5.82 Å². The highest BCUT2D eigenvalue weighted by atomic mass is 35.5. The van der Waals surface area contributed by atoms with Crippen LogP contribution < -0.4 is 10.6 Å². The quantitative estimate of drug-likeness (QED) is 0.669. The van der Waals surface area contributed by atoms with Crippen LogP contribution in [-0.2, 0) is 0 Å². The van der Waals surface area contributed by atoms with E-state index in [1.54, 1.807) is 37.3 Å². The highest BCUT2D eigenvalue weighted by Crippen LogP contribution is 2.24. The number of rotatable bonds is 4. The fraction of sp³-hybridized carbons (Fsp3) is 0.0625.